The lowest BCUT2D eigenvalue weighted by atomic mass is 9.76. The summed E-state index contributed by atoms with van der Waals surface area (Å²) in [5, 5.41) is 8.68. The van der Waals surface area contributed by atoms with E-state index in [9.17, 15) is 4.79 Å². The fraction of sp³-hybridized carbons (Fsp3) is 0.517. The van der Waals surface area contributed by atoms with Gasteiger partial charge >= 0.3 is 0 Å². The van der Waals surface area contributed by atoms with Crippen molar-refractivity contribution in [3.05, 3.63) is 51.8 Å². The predicted molar refractivity (Wildman–Crippen MR) is 144 cm³/mol. The third-order valence-corrected chi connectivity index (χ3v) is 8.16. The van der Waals surface area contributed by atoms with Crippen molar-refractivity contribution >= 4 is 23.4 Å². The number of halogens is 1. The zero-order chi connectivity index (χ0) is 26.4. The summed E-state index contributed by atoms with van der Waals surface area (Å²) >= 11 is 1.88. The topological polar surface area (TPSA) is 62.6 Å². The molecule has 0 saturated heterocycles. The lowest BCUT2D eigenvalue weighted by Crippen LogP contribution is -2.31. The highest BCUT2D eigenvalue weighted by atomic mass is 32.2. The molecule has 5 nitrogen and oxygen atoms in total. The molecule has 194 valence electrons. The minimum atomic E-state index is -0.597. The van der Waals surface area contributed by atoms with E-state index in [-0.39, 0.29) is 53.5 Å². The molecule has 0 atom stereocenters. The van der Waals surface area contributed by atoms with Crippen LogP contribution in [0.15, 0.2) is 23.1 Å². The van der Waals surface area contributed by atoms with Crippen molar-refractivity contribution in [2.45, 2.75) is 77.2 Å². The number of ketones is 1. The molecule has 0 aliphatic carbocycles. The zero-order valence-corrected chi connectivity index (χ0v) is 23.2. The van der Waals surface area contributed by atoms with E-state index in [2.05, 4.69) is 34.6 Å². The van der Waals surface area contributed by atoms with Crippen molar-refractivity contribution in [1.29, 1.82) is 5.41 Å². The number of amidine groups is 1. The quantitative estimate of drug-likeness (QED) is 0.417. The van der Waals surface area contributed by atoms with Crippen molar-refractivity contribution < 1.29 is 18.7 Å². The summed E-state index contributed by atoms with van der Waals surface area (Å²) < 4.78 is 26.6. The first kappa shape index (κ1) is 26.5. The van der Waals surface area contributed by atoms with Gasteiger partial charge in [-0.05, 0) is 71.7 Å². The maximum Gasteiger partial charge on any atom is 0.197 e. The molecule has 0 amide bonds. The Bertz CT molecular complexity index is 1200. The monoisotopic (exact) mass is 512 g/mol. The summed E-state index contributed by atoms with van der Waals surface area (Å²) in [7, 11) is 0. The molecule has 0 saturated carbocycles. The Kier molecular flexibility index (Phi) is 7.17. The molecule has 1 N–H and O–H groups in total. The number of Topliss-reactive ketones (excluding diaryl/α,β-unsaturated/α-hetero) is 1. The highest BCUT2D eigenvalue weighted by molar-refractivity contribution is 7.99. The van der Waals surface area contributed by atoms with Gasteiger partial charge in [-0.15, -0.1) is 11.8 Å². The van der Waals surface area contributed by atoms with Gasteiger partial charge in [-0.2, -0.15) is 0 Å². The smallest absolute Gasteiger partial charge is 0.197 e. The highest BCUT2D eigenvalue weighted by Crippen LogP contribution is 2.47. The van der Waals surface area contributed by atoms with Gasteiger partial charge in [0.15, 0.2) is 23.1 Å². The summed E-state index contributed by atoms with van der Waals surface area (Å²) in [5.74, 6) is 0.771. The Morgan fingerprint density at radius 2 is 1.86 bits per heavy atom. The summed E-state index contributed by atoms with van der Waals surface area (Å²) in [4.78, 5) is 16.5. The Morgan fingerprint density at radius 3 is 2.50 bits per heavy atom. The number of hydrogen-bond acceptors (Lipinski definition) is 5. The second kappa shape index (κ2) is 9.73. The van der Waals surface area contributed by atoms with Crippen LogP contribution in [0.2, 0.25) is 0 Å². The molecule has 0 bridgehead atoms. The number of ether oxygens (including phenoxy) is 2. The van der Waals surface area contributed by atoms with Gasteiger partial charge in [-0.25, -0.2) is 4.39 Å². The van der Waals surface area contributed by atoms with Crippen LogP contribution in [0.1, 0.15) is 87.5 Å². The van der Waals surface area contributed by atoms with E-state index in [1.165, 1.54) is 16.0 Å². The average molecular weight is 513 g/mol. The third-order valence-electron chi connectivity index (χ3n) is 7.03. The van der Waals surface area contributed by atoms with Gasteiger partial charge in [-0.3, -0.25) is 10.2 Å². The Labute approximate surface area is 218 Å². The number of carbonyl (C=O) groups is 1. The number of thioether (sulfide) groups is 1. The fourth-order valence-corrected chi connectivity index (χ4v) is 6.80. The van der Waals surface area contributed by atoms with Crippen LogP contribution in [0, 0.1) is 11.2 Å². The zero-order valence-electron chi connectivity index (χ0n) is 22.4. The molecule has 0 radical (unpaired) electrons. The number of rotatable bonds is 7. The number of nitrogens with zero attached hydrogens (tertiary/aromatic N) is 1. The van der Waals surface area contributed by atoms with Crippen LogP contribution in [0.3, 0.4) is 0 Å². The second-order valence-corrected chi connectivity index (χ2v) is 12.3. The van der Waals surface area contributed by atoms with Gasteiger partial charge in [0.05, 0.1) is 25.3 Å². The molecule has 0 fully saturated rings. The van der Waals surface area contributed by atoms with Gasteiger partial charge < -0.3 is 14.4 Å². The lowest BCUT2D eigenvalue weighted by Gasteiger charge is -2.36. The molecule has 2 aliphatic heterocycles. The number of benzene rings is 2. The van der Waals surface area contributed by atoms with E-state index >= 15 is 4.39 Å². The molecule has 0 aromatic heterocycles. The number of fused-ring (bicyclic) bond motifs is 2. The van der Waals surface area contributed by atoms with Gasteiger partial charge in [0.2, 0.25) is 0 Å². The normalized spacial score (nSPS) is 16.6. The maximum absolute atomic E-state index is 15.4. The molecule has 0 spiro atoms. The van der Waals surface area contributed by atoms with Gasteiger partial charge in [0.25, 0.3) is 0 Å². The molecular formula is C29H37FN2O3S. The number of nitrogens with one attached hydrogen (secondary N) is 1. The van der Waals surface area contributed by atoms with E-state index in [0.29, 0.717) is 23.5 Å². The summed E-state index contributed by atoms with van der Waals surface area (Å²) in [6.45, 7) is 15.6. The van der Waals surface area contributed by atoms with Crippen LogP contribution in [-0.4, -0.2) is 42.0 Å². The average Bonchev–Trinajstić information content (AvgIpc) is 3.10. The molecule has 2 aromatic rings. The van der Waals surface area contributed by atoms with Crippen LogP contribution in [0.4, 0.5) is 4.39 Å². The van der Waals surface area contributed by atoms with E-state index in [4.69, 9.17) is 14.9 Å². The van der Waals surface area contributed by atoms with Crippen LogP contribution in [0.5, 0.6) is 11.5 Å². The van der Waals surface area contributed by atoms with E-state index in [0.717, 1.165) is 12.2 Å². The largest absolute Gasteiger partial charge is 0.490 e. The summed E-state index contributed by atoms with van der Waals surface area (Å²) in [5.41, 5.74) is 3.78. The standard InChI is InChI=1S/C29H37FN2O3S/c1-8-34-22-14-18-15-32(27(31)23(18)24(30)25(22)35-9-2)16-21(33)17-12-19(28(3,4)5)26-20(13-17)29(6,7)10-11-36-26/h12-14,31H,8-11,15-16H2,1-7H3. The molecule has 36 heavy (non-hydrogen) atoms. The first-order chi connectivity index (χ1) is 16.9. The van der Waals surface area contributed by atoms with Crippen LogP contribution in [-0.2, 0) is 17.4 Å². The molecule has 4 rings (SSSR count). The summed E-state index contributed by atoms with van der Waals surface area (Å²) in [6, 6.07) is 5.82. The number of hydrogen-bond donors (Lipinski definition) is 1. The minimum absolute atomic E-state index is 0.00439. The van der Waals surface area contributed by atoms with E-state index in [1.807, 2.05) is 30.8 Å². The second-order valence-electron chi connectivity index (χ2n) is 11.2. The molecule has 7 heteroatoms. The predicted octanol–water partition coefficient (Wildman–Crippen LogP) is 6.72. The molecule has 0 unspecified atom stereocenters. The van der Waals surface area contributed by atoms with E-state index < -0.39 is 5.82 Å². The van der Waals surface area contributed by atoms with Crippen molar-refractivity contribution in [1.82, 2.24) is 4.90 Å². The number of carbonyl (C=O) groups excluding carboxylic acids is 1. The first-order valence-electron chi connectivity index (χ1n) is 12.7. The van der Waals surface area contributed by atoms with Crippen molar-refractivity contribution in [3.63, 3.8) is 0 Å². The van der Waals surface area contributed by atoms with Crippen molar-refractivity contribution in [2.75, 3.05) is 25.5 Å². The molecular weight excluding hydrogens is 475 g/mol. The molecule has 2 heterocycles. The first-order valence-corrected chi connectivity index (χ1v) is 13.7. The van der Waals surface area contributed by atoms with Crippen LogP contribution < -0.4 is 9.47 Å². The van der Waals surface area contributed by atoms with Crippen LogP contribution >= 0.6 is 11.8 Å². The Balaban J connectivity index is 1.67. The Morgan fingerprint density at radius 1 is 1.17 bits per heavy atom. The van der Waals surface area contributed by atoms with Crippen molar-refractivity contribution in [2.24, 2.45) is 0 Å². The van der Waals surface area contributed by atoms with Crippen molar-refractivity contribution in [3.8, 4) is 11.5 Å². The van der Waals surface area contributed by atoms with Crippen LogP contribution in [0.25, 0.3) is 0 Å². The lowest BCUT2D eigenvalue weighted by molar-refractivity contribution is 0.0962. The fourth-order valence-electron chi connectivity index (χ4n) is 4.97. The third kappa shape index (κ3) is 4.74. The minimum Gasteiger partial charge on any atom is -0.490 e. The van der Waals surface area contributed by atoms with Gasteiger partial charge in [0, 0.05) is 17.0 Å². The Hall–Kier alpha value is -2.54. The highest BCUT2D eigenvalue weighted by Gasteiger charge is 2.35. The van der Waals surface area contributed by atoms with Gasteiger partial charge in [-0.1, -0.05) is 34.6 Å². The van der Waals surface area contributed by atoms with E-state index in [1.54, 1.807) is 17.9 Å². The molecule has 2 aromatic carbocycles. The summed E-state index contributed by atoms with van der Waals surface area (Å²) in [6.07, 6.45) is 1.06. The van der Waals surface area contributed by atoms with Gasteiger partial charge in [0.1, 0.15) is 5.84 Å². The SMILES string of the molecule is CCOc1cc2c(c(F)c1OCC)C(=N)N(CC(=O)c1cc(C(C)(C)C)c3c(c1)C(C)(C)CCS3)C2. The maximum atomic E-state index is 15.4. The molecule has 2 aliphatic rings.